The molecule has 0 saturated heterocycles. The molecule has 1 amide bonds. The van der Waals surface area contributed by atoms with Crippen LogP contribution in [-0.4, -0.2) is 22.7 Å². The standard InChI is InChI=1S/C4H10S.CH3NO2/c1-3-5-4-2;2-1(3)4/h3-4H2,1-2H3;2H2,(H,3,4). The molecule has 0 heterocycles. The molecule has 0 aliphatic carbocycles. The van der Waals surface area contributed by atoms with E-state index in [1.807, 2.05) is 11.8 Å². The van der Waals surface area contributed by atoms with Gasteiger partial charge in [-0.2, -0.15) is 11.8 Å². The van der Waals surface area contributed by atoms with E-state index in [1.165, 1.54) is 11.5 Å². The molecule has 0 spiro atoms. The number of carboxylic acid groups (broad SMARTS) is 1. The highest BCUT2D eigenvalue weighted by molar-refractivity contribution is 7.99. The summed E-state index contributed by atoms with van der Waals surface area (Å²) in [6.07, 6.45) is -1.33. The zero-order valence-electron chi connectivity index (χ0n) is 5.76. The third kappa shape index (κ3) is 91.7. The van der Waals surface area contributed by atoms with Crippen molar-refractivity contribution < 1.29 is 9.90 Å². The largest absolute Gasteiger partial charge is 0.465 e. The van der Waals surface area contributed by atoms with Crippen LogP contribution in [0.1, 0.15) is 13.8 Å². The second kappa shape index (κ2) is 10.6. The molecule has 0 aromatic heterocycles. The molecule has 56 valence electrons. The molecule has 3 N–H and O–H groups in total. The minimum atomic E-state index is -1.33. The monoisotopic (exact) mass is 151 g/mol. The van der Waals surface area contributed by atoms with Gasteiger partial charge in [0.25, 0.3) is 0 Å². The minimum Gasteiger partial charge on any atom is -0.465 e. The van der Waals surface area contributed by atoms with Crippen LogP contribution in [0.3, 0.4) is 0 Å². The molecule has 3 nitrogen and oxygen atoms in total. The molecule has 0 rings (SSSR count). The Morgan fingerprint density at radius 2 is 1.78 bits per heavy atom. The molecule has 0 bridgehead atoms. The number of carbonyl (C=O) groups is 1. The van der Waals surface area contributed by atoms with E-state index in [4.69, 9.17) is 9.90 Å². The van der Waals surface area contributed by atoms with E-state index in [-0.39, 0.29) is 0 Å². The van der Waals surface area contributed by atoms with Crippen LogP contribution < -0.4 is 5.73 Å². The first-order valence-electron chi connectivity index (χ1n) is 2.71. The maximum Gasteiger partial charge on any atom is 0.402 e. The minimum absolute atomic E-state index is 1.26. The molecule has 0 aromatic carbocycles. The molecular weight excluding hydrogens is 138 g/mol. The molecule has 0 aliphatic rings. The fourth-order valence-electron chi connectivity index (χ4n) is 0.204. The smallest absolute Gasteiger partial charge is 0.402 e. The number of amides is 1. The Morgan fingerprint density at radius 1 is 1.56 bits per heavy atom. The third-order valence-electron chi connectivity index (χ3n) is 0.408. The van der Waals surface area contributed by atoms with Crippen molar-refractivity contribution in [3.63, 3.8) is 0 Å². The third-order valence-corrected chi connectivity index (χ3v) is 1.22. The molecule has 0 atom stereocenters. The molecule has 0 aromatic rings. The van der Waals surface area contributed by atoms with Gasteiger partial charge < -0.3 is 10.8 Å². The van der Waals surface area contributed by atoms with Crippen LogP contribution in [0, 0.1) is 0 Å². The zero-order chi connectivity index (χ0) is 7.70. The molecule has 9 heavy (non-hydrogen) atoms. The predicted octanol–water partition coefficient (Wildman–Crippen LogP) is 1.38. The number of hydrogen-bond donors (Lipinski definition) is 2. The first-order chi connectivity index (χ1) is 4.15. The summed E-state index contributed by atoms with van der Waals surface area (Å²) in [4.78, 5) is 8.78. The van der Waals surface area contributed by atoms with Crippen molar-refractivity contribution >= 4 is 17.9 Å². The number of primary amides is 1. The Bertz CT molecular complexity index is 62.0. The highest BCUT2D eigenvalue weighted by Gasteiger charge is 1.67. The maximum atomic E-state index is 8.78. The lowest BCUT2D eigenvalue weighted by molar-refractivity contribution is 0.205. The van der Waals surface area contributed by atoms with E-state index in [0.29, 0.717) is 0 Å². The predicted molar refractivity (Wildman–Crippen MR) is 40.9 cm³/mol. The van der Waals surface area contributed by atoms with E-state index < -0.39 is 6.09 Å². The van der Waals surface area contributed by atoms with Crippen LogP contribution in [0.5, 0.6) is 0 Å². The average molecular weight is 151 g/mol. The quantitative estimate of drug-likeness (QED) is 0.626. The zero-order valence-corrected chi connectivity index (χ0v) is 6.57. The van der Waals surface area contributed by atoms with Gasteiger partial charge in [0.05, 0.1) is 0 Å². The SMILES string of the molecule is CCSCC.NC(=O)O. The summed E-state index contributed by atoms with van der Waals surface area (Å²) in [5.41, 5.74) is 4.03. The molecule has 4 heteroatoms. The second-order valence-electron chi connectivity index (χ2n) is 1.12. The molecular formula is C5H13NO2S. The highest BCUT2D eigenvalue weighted by Crippen LogP contribution is 1.93. The molecule has 0 saturated carbocycles. The van der Waals surface area contributed by atoms with Crippen LogP contribution in [0.25, 0.3) is 0 Å². The number of hydrogen-bond acceptors (Lipinski definition) is 2. The topological polar surface area (TPSA) is 63.3 Å². The Kier molecular flexibility index (Phi) is 13.4. The van der Waals surface area contributed by atoms with Crippen LogP contribution in [-0.2, 0) is 0 Å². The van der Waals surface area contributed by atoms with Crippen LogP contribution in [0.2, 0.25) is 0 Å². The lowest BCUT2D eigenvalue weighted by atomic mass is 11.0. The second-order valence-corrected chi connectivity index (χ2v) is 2.68. The van der Waals surface area contributed by atoms with Gasteiger partial charge in [0.2, 0.25) is 0 Å². The van der Waals surface area contributed by atoms with Gasteiger partial charge in [0.15, 0.2) is 0 Å². The van der Waals surface area contributed by atoms with E-state index in [1.54, 1.807) is 0 Å². The van der Waals surface area contributed by atoms with Crippen molar-refractivity contribution in [2.45, 2.75) is 13.8 Å². The lowest BCUT2D eigenvalue weighted by Gasteiger charge is -1.80. The van der Waals surface area contributed by atoms with Crippen LogP contribution in [0.4, 0.5) is 4.79 Å². The molecule has 0 fully saturated rings. The van der Waals surface area contributed by atoms with Crippen molar-refractivity contribution in [2.24, 2.45) is 5.73 Å². The molecule has 0 unspecified atom stereocenters. The van der Waals surface area contributed by atoms with Crippen LogP contribution in [0.15, 0.2) is 0 Å². The Labute approximate surface area is 59.6 Å². The van der Waals surface area contributed by atoms with Gasteiger partial charge in [0, 0.05) is 0 Å². The van der Waals surface area contributed by atoms with Crippen LogP contribution >= 0.6 is 11.8 Å². The molecule has 0 aliphatic heterocycles. The van der Waals surface area contributed by atoms with Gasteiger partial charge in [-0.25, -0.2) is 4.79 Å². The van der Waals surface area contributed by atoms with Gasteiger partial charge in [0.1, 0.15) is 0 Å². The molecule has 0 radical (unpaired) electrons. The fourth-order valence-corrected chi connectivity index (χ4v) is 0.612. The normalized spacial score (nSPS) is 7.33. The Hall–Kier alpha value is -0.380. The van der Waals surface area contributed by atoms with Gasteiger partial charge in [-0.1, -0.05) is 13.8 Å². The van der Waals surface area contributed by atoms with Crippen molar-refractivity contribution in [1.82, 2.24) is 0 Å². The Morgan fingerprint density at radius 3 is 1.78 bits per heavy atom. The van der Waals surface area contributed by atoms with Crippen molar-refractivity contribution in [2.75, 3.05) is 11.5 Å². The van der Waals surface area contributed by atoms with E-state index in [0.717, 1.165) is 0 Å². The summed E-state index contributed by atoms with van der Waals surface area (Å²) in [7, 11) is 0. The average Bonchev–Trinajstić information content (AvgIpc) is 1.66. The highest BCUT2D eigenvalue weighted by atomic mass is 32.2. The summed E-state index contributed by atoms with van der Waals surface area (Å²) in [6.45, 7) is 4.35. The van der Waals surface area contributed by atoms with E-state index in [2.05, 4.69) is 19.6 Å². The van der Waals surface area contributed by atoms with Gasteiger partial charge in [-0.05, 0) is 11.5 Å². The van der Waals surface area contributed by atoms with Gasteiger partial charge in [-0.3, -0.25) is 0 Å². The fraction of sp³-hybridized carbons (Fsp3) is 0.800. The van der Waals surface area contributed by atoms with Crippen molar-refractivity contribution in [3.05, 3.63) is 0 Å². The van der Waals surface area contributed by atoms with Crippen molar-refractivity contribution in [3.8, 4) is 0 Å². The number of thioether (sulfide) groups is 1. The summed E-state index contributed by atoms with van der Waals surface area (Å²) in [5.74, 6) is 2.52. The van der Waals surface area contributed by atoms with E-state index >= 15 is 0 Å². The summed E-state index contributed by atoms with van der Waals surface area (Å²) in [5, 5.41) is 7.19. The first kappa shape index (κ1) is 11.4. The Balaban J connectivity index is 0. The van der Waals surface area contributed by atoms with Crippen molar-refractivity contribution in [1.29, 1.82) is 0 Å². The summed E-state index contributed by atoms with van der Waals surface area (Å²) in [6, 6.07) is 0. The summed E-state index contributed by atoms with van der Waals surface area (Å²) < 4.78 is 0. The van der Waals surface area contributed by atoms with Gasteiger partial charge >= 0.3 is 6.09 Å². The summed E-state index contributed by atoms with van der Waals surface area (Å²) >= 11 is 1.96. The lowest BCUT2D eigenvalue weighted by Crippen LogP contribution is -2.03. The van der Waals surface area contributed by atoms with E-state index in [9.17, 15) is 0 Å². The first-order valence-corrected chi connectivity index (χ1v) is 3.86. The van der Waals surface area contributed by atoms with Gasteiger partial charge in [-0.15, -0.1) is 0 Å². The maximum absolute atomic E-state index is 8.78. The number of nitrogens with two attached hydrogens (primary N) is 1. The number of rotatable bonds is 2.